The van der Waals surface area contributed by atoms with E-state index in [2.05, 4.69) is 20.7 Å². The van der Waals surface area contributed by atoms with Crippen LogP contribution in [0.2, 0.25) is 5.02 Å². The van der Waals surface area contributed by atoms with Gasteiger partial charge < -0.3 is 9.84 Å². The van der Waals surface area contributed by atoms with Crippen LogP contribution in [0.5, 0.6) is 5.75 Å². The molecule has 0 amide bonds. The van der Waals surface area contributed by atoms with Gasteiger partial charge in [-0.2, -0.15) is 0 Å². The minimum Gasteiger partial charge on any atom is -0.494 e. The van der Waals surface area contributed by atoms with Gasteiger partial charge in [-0.3, -0.25) is 0 Å². The van der Waals surface area contributed by atoms with E-state index >= 15 is 0 Å². The highest BCUT2D eigenvalue weighted by Crippen LogP contribution is 2.35. The molecule has 0 aromatic heterocycles. The van der Waals surface area contributed by atoms with E-state index in [0.29, 0.717) is 4.47 Å². The predicted molar refractivity (Wildman–Crippen MR) is 77.2 cm³/mol. The first-order chi connectivity index (χ1) is 8.57. The van der Waals surface area contributed by atoms with Gasteiger partial charge in [0, 0.05) is 11.6 Å². The van der Waals surface area contributed by atoms with Crippen LogP contribution in [0.15, 0.2) is 21.5 Å². The van der Waals surface area contributed by atoms with Gasteiger partial charge in [0.2, 0.25) is 10.0 Å². The van der Waals surface area contributed by atoms with Crippen LogP contribution in [0.25, 0.3) is 0 Å². The Balaban J connectivity index is 3.21. The van der Waals surface area contributed by atoms with Gasteiger partial charge in [-0.1, -0.05) is 11.6 Å². The van der Waals surface area contributed by atoms with Crippen LogP contribution in [-0.2, 0) is 10.0 Å². The third-order valence-electron chi connectivity index (χ3n) is 2.16. The Morgan fingerprint density at radius 2 is 2.05 bits per heavy atom. The molecule has 1 rings (SSSR count). The number of hydrogen-bond donors (Lipinski definition) is 2. The average Bonchev–Trinajstić information content (AvgIpc) is 2.25. The van der Waals surface area contributed by atoms with E-state index in [1.54, 1.807) is 0 Å². The zero-order valence-electron chi connectivity index (χ0n) is 10.7. The maximum atomic E-state index is 12.2. The Morgan fingerprint density at radius 3 is 2.53 bits per heavy atom. The van der Waals surface area contributed by atoms with Crippen molar-refractivity contribution in [1.29, 1.82) is 0 Å². The molecule has 0 aliphatic rings. The first-order valence-electron chi connectivity index (χ1n) is 5.32. The highest BCUT2D eigenvalue weighted by molar-refractivity contribution is 9.10. The lowest BCUT2D eigenvalue weighted by Crippen LogP contribution is -2.38. The average molecular weight is 373 g/mol. The standard InChI is InChI=1S/C11H15BrClNO4S/c1-11(2,15)6-14-19(16,17)9-5-7(13)4-8(12)10(9)18-3/h4-5,14-15H,6H2,1-3H3. The Hall–Kier alpha value is -0.340. The van der Waals surface area contributed by atoms with E-state index in [9.17, 15) is 13.5 Å². The zero-order valence-corrected chi connectivity index (χ0v) is 13.9. The molecule has 2 N–H and O–H groups in total. The van der Waals surface area contributed by atoms with Crippen LogP contribution in [0, 0.1) is 0 Å². The van der Waals surface area contributed by atoms with Gasteiger partial charge in [-0.15, -0.1) is 0 Å². The molecule has 0 aliphatic heterocycles. The minimum absolute atomic E-state index is 0.0846. The molecule has 0 saturated heterocycles. The number of benzene rings is 1. The number of aliphatic hydroxyl groups is 1. The van der Waals surface area contributed by atoms with Gasteiger partial charge in [0.25, 0.3) is 0 Å². The van der Waals surface area contributed by atoms with Crippen LogP contribution in [0.1, 0.15) is 13.8 Å². The van der Waals surface area contributed by atoms with E-state index in [0.717, 1.165) is 0 Å². The van der Waals surface area contributed by atoms with Crippen molar-refractivity contribution in [2.24, 2.45) is 0 Å². The number of sulfonamides is 1. The smallest absolute Gasteiger partial charge is 0.244 e. The van der Waals surface area contributed by atoms with Crippen molar-refractivity contribution in [2.45, 2.75) is 24.3 Å². The molecular weight excluding hydrogens is 358 g/mol. The molecule has 8 heteroatoms. The SMILES string of the molecule is COc1c(Br)cc(Cl)cc1S(=O)(=O)NCC(C)(C)O. The fraction of sp³-hybridized carbons (Fsp3) is 0.455. The van der Waals surface area contributed by atoms with Crippen LogP contribution >= 0.6 is 27.5 Å². The molecule has 0 spiro atoms. The molecule has 1 aromatic carbocycles. The Morgan fingerprint density at radius 1 is 1.47 bits per heavy atom. The first kappa shape index (κ1) is 16.7. The molecule has 0 aliphatic carbocycles. The summed E-state index contributed by atoms with van der Waals surface area (Å²) in [5.41, 5.74) is -1.16. The molecule has 0 saturated carbocycles. The van der Waals surface area contributed by atoms with Crippen LogP contribution in [0.4, 0.5) is 0 Å². The largest absolute Gasteiger partial charge is 0.494 e. The van der Waals surface area contributed by atoms with Gasteiger partial charge in [0.15, 0.2) is 5.75 Å². The van der Waals surface area contributed by atoms with Gasteiger partial charge in [0.05, 0.1) is 17.2 Å². The summed E-state index contributed by atoms with van der Waals surface area (Å²) in [6.07, 6.45) is 0. The van der Waals surface area contributed by atoms with Gasteiger partial charge in [0.1, 0.15) is 4.90 Å². The summed E-state index contributed by atoms with van der Waals surface area (Å²) in [5, 5.41) is 9.83. The van der Waals surface area contributed by atoms with Crippen molar-refractivity contribution in [1.82, 2.24) is 4.72 Å². The topological polar surface area (TPSA) is 75.6 Å². The fourth-order valence-corrected chi connectivity index (χ4v) is 3.87. The van der Waals surface area contributed by atoms with E-state index in [1.165, 1.54) is 33.1 Å². The maximum Gasteiger partial charge on any atom is 0.244 e. The quantitative estimate of drug-likeness (QED) is 0.830. The lowest BCUT2D eigenvalue weighted by atomic mass is 10.1. The van der Waals surface area contributed by atoms with E-state index in [1.807, 2.05) is 0 Å². The number of halogens is 2. The van der Waals surface area contributed by atoms with Crippen molar-refractivity contribution in [2.75, 3.05) is 13.7 Å². The van der Waals surface area contributed by atoms with Crippen molar-refractivity contribution in [3.63, 3.8) is 0 Å². The number of ether oxygens (including phenoxy) is 1. The van der Waals surface area contributed by atoms with Crippen molar-refractivity contribution in [3.8, 4) is 5.75 Å². The molecule has 5 nitrogen and oxygen atoms in total. The second-order valence-corrected chi connectivity index (χ2v) is 7.58. The normalized spacial score (nSPS) is 12.5. The fourth-order valence-electron chi connectivity index (χ4n) is 1.28. The molecule has 0 atom stereocenters. The van der Waals surface area contributed by atoms with Crippen LogP contribution in [0.3, 0.4) is 0 Å². The molecule has 0 radical (unpaired) electrons. The molecule has 19 heavy (non-hydrogen) atoms. The van der Waals surface area contributed by atoms with E-state index in [-0.39, 0.29) is 22.2 Å². The highest BCUT2D eigenvalue weighted by Gasteiger charge is 2.24. The summed E-state index contributed by atoms with van der Waals surface area (Å²) in [6.45, 7) is 2.88. The zero-order chi connectivity index (χ0) is 14.8. The molecule has 108 valence electrons. The van der Waals surface area contributed by atoms with E-state index < -0.39 is 15.6 Å². The molecule has 0 fully saturated rings. The molecule has 1 aromatic rings. The summed E-state index contributed by atoms with van der Waals surface area (Å²) in [4.78, 5) is -0.0846. The first-order valence-corrected chi connectivity index (χ1v) is 7.97. The minimum atomic E-state index is -3.83. The third kappa shape index (κ3) is 4.61. The van der Waals surface area contributed by atoms with Gasteiger partial charge >= 0.3 is 0 Å². The van der Waals surface area contributed by atoms with Gasteiger partial charge in [-0.25, -0.2) is 13.1 Å². The Bertz CT molecular complexity index is 569. The number of methoxy groups -OCH3 is 1. The van der Waals surface area contributed by atoms with Crippen molar-refractivity contribution in [3.05, 3.63) is 21.6 Å². The van der Waals surface area contributed by atoms with Crippen molar-refractivity contribution < 1.29 is 18.3 Å². The second-order valence-electron chi connectivity index (χ2n) is 4.56. The lowest BCUT2D eigenvalue weighted by molar-refractivity contribution is 0.0857. The predicted octanol–water partition coefficient (Wildman–Crippen LogP) is 2.16. The number of nitrogens with one attached hydrogen (secondary N) is 1. The summed E-state index contributed by atoms with van der Waals surface area (Å²) >= 11 is 9.04. The number of hydrogen-bond acceptors (Lipinski definition) is 4. The lowest BCUT2D eigenvalue weighted by Gasteiger charge is -2.19. The molecule has 0 heterocycles. The van der Waals surface area contributed by atoms with Crippen molar-refractivity contribution >= 4 is 37.6 Å². The molecule has 0 bridgehead atoms. The monoisotopic (exact) mass is 371 g/mol. The summed E-state index contributed by atoms with van der Waals surface area (Å²) in [7, 11) is -2.47. The molecule has 0 unspecified atom stereocenters. The third-order valence-corrected chi connectivity index (χ3v) is 4.38. The highest BCUT2D eigenvalue weighted by atomic mass is 79.9. The van der Waals surface area contributed by atoms with E-state index in [4.69, 9.17) is 16.3 Å². The molecular formula is C11H15BrClNO4S. The summed E-state index contributed by atoms with van der Waals surface area (Å²) < 4.78 is 32.2. The maximum absolute atomic E-state index is 12.2. The second kappa shape index (κ2) is 5.97. The van der Waals surface area contributed by atoms with Crippen LogP contribution < -0.4 is 9.46 Å². The Kier molecular flexibility index (Phi) is 5.25. The van der Waals surface area contributed by atoms with Crippen LogP contribution in [-0.4, -0.2) is 32.8 Å². The summed E-state index contributed by atoms with van der Waals surface area (Å²) in [5.74, 6) is 0.160. The van der Waals surface area contributed by atoms with Gasteiger partial charge in [-0.05, 0) is 41.9 Å². The number of rotatable bonds is 5. The Labute approximate surface area is 126 Å². The summed E-state index contributed by atoms with van der Waals surface area (Å²) in [6, 6.07) is 2.83.